The molecule has 0 amide bonds. The van der Waals surface area contributed by atoms with Gasteiger partial charge in [0.2, 0.25) is 0 Å². The Morgan fingerprint density at radius 1 is 0.143 bits per heavy atom. The second-order valence-electron chi connectivity index (χ2n) is 39.5. The summed E-state index contributed by atoms with van der Waals surface area (Å²) in [6.07, 6.45) is 7.84. The van der Waals surface area contributed by atoms with Crippen molar-refractivity contribution in [3.8, 4) is 34.3 Å². The van der Waals surface area contributed by atoms with Crippen molar-refractivity contribution in [1.82, 2.24) is 55.6 Å². The summed E-state index contributed by atoms with van der Waals surface area (Å²) in [6, 6.07) is 164. The molecule has 0 saturated heterocycles. The quantitative estimate of drug-likeness (QED) is 0.166. The first-order chi connectivity index (χ1) is 73.0. The Hall–Kier alpha value is -20.0. The van der Waals surface area contributed by atoms with E-state index in [9.17, 15) is 0 Å². The normalized spacial score (nSPS) is 12.5. The van der Waals surface area contributed by atoms with E-state index in [4.69, 9.17) is 9.97 Å². The molecule has 12 heteroatoms. The third-order valence-electron chi connectivity index (χ3n) is 32.4. The van der Waals surface area contributed by atoms with Gasteiger partial charge in [0.1, 0.15) is 11.5 Å². The summed E-state index contributed by atoms with van der Waals surface area (Å²) in [5.74, 6) is 0.918. The van der Waals surface area contributed by atoms with Crippen LogP contribution in [0.1, 0.15) is 0 Å². The van der Waals surface area contributed by atoms with Gasteiger partial charge in [0.25, 0.3) is 0 Å². The summed E-state index contributed by atoms with van der Waals surface area (Å²) in [7, 11) is 0. The minimum absolute atomic E-state index is 0.918. The van der Waals surface area contributed by atoms with Gasteiger partial charge in [-0.25, -0.2) is 9.97 Å². The molecular formula is C135H78N12. The van der Waals surface area contributed by atoms with Gasteiger partial charge in [-0.1, -0.05) is 279 Å². The molecule has 0 radical (unpaired) electrons. The molecule has 0 bridgehead atoms. The van der Waals surface area contributed by atoms with Crippen LogP contribution >= 0.6 is 0 Å². The Morgan fingerprint density at radius 2 is 0.463 bits per heavy atom. The molecule has 0 spiro atoms. The first-order valence-corrected chi connectivity index (χ1v) is 50.4. The van der Waals surface area contributed by atoms with Crippen LogP contribution < -0.4 is 0 Å². The predicted molar refractivity (Wildman–Crippen MR) is 615 cm³/mol. The van der Waals surface area contributed by atoms with Gasteiger partial charge in [-0.05, 0) is 202 Å². The largest absolute Gasteiger partial charge is 0.309 e. The summed E-state index contributed by atoms with van der Waals surface area (Å²) in [4.78, 5) is 14.7. The average molecular weight is 1870 g/mol. The van der Waals surface area contributed by atoms with Gasteiger partial charge >= 0.3 is 0 Å². The minimum atomic E-state index is 0.918. The number of benzene rings is 21. The molecule has 0 unspecified atom stereocenters. The van der Waals surface area contributed by atoms with E-state index in [0.717, 1.165) is 67.4 Å². The Morgan fingerprint density at radius 3 is 0.932 bits per heavy atom. The van der Waals surface area contributed by atoms with Crippen molar-refractivity contribution >= 4 is 278 Å². The number of hydrogen-bond donors (Lipinski definition) is 0. The summed E-state index contributed by atoms with van der Waals surface area (Å²) in [5, 5.41) is 38.1. The number of aromatic nitrogens is 12. The first kappa shape index (κ1) is 78.8. The molecule has 12 nitrogen and oxygen atoms in total. The molecule has 0 saturated carbocycles. The van der Waals surface area contributed by atoms with Crippen LogP contribution in [-0.4, -0.2) is 55.6 Å². The minimum Gasteiger partial charge on any atom is -0.309 e. The number of para-hydroxylation sites is 10. The summed E-state index contributed by atoms with van der Waals surface area (Å²) < 4.78 is 21.8. The fraction of sp³-hybridized carbons (Fsp3) is 0. The lowest BCUT2D eigenvalue weighted by atomic mass is 9.98. The van der Waals surface area contributed by atoms with Crippen molar-refractivity contribution in [2.45, 2.75) is 0 Å². The Balaban J connectivity index is 0.0000000945. The molecule has 0 aliphatic heterocycles. The van der Waals surface area contributed by atoms with E-state index < -0.39 is 0 Å². The molecule has 21 aromatic carbocycles. The van der Waals surface area contributed by atoms with Gasteiger partial charge in [0, 0.05) is 170 Å². The van der Waals surface area contributed by atoms with Crippen LogP contribution in [0.3, 0.4) is 0 Å². The van der Waals surface area contributed by atoms with E-state index in [-0.39, 0.29) is 0 Å². The predicted octanol–water partition coefficient (Wildman–Crippen LogP) is 34.7. The van der Waals surface area contributed by atoms with E-state index in [2.05, 4.69) is 495 Å². The van der Waals surface area contributed by atoms with Gasteiger partial charge in [-0.2, -0.15) is 0 Å². The second kappa shape index (κ2) is 29.4. The second-order valence-corrected chi connectivity index (χ2v) is 39.5. The van der Waals surface area contributed by atoms with E-state index in [0.29, 0.717) is 0 Å². The summed E-state index contributed by atoms with van der Waals surface area (Å²) in [5.41, 5.74) is 30.9. The maximum atomic E-state index is 5.26. The monoisotopic (exact) mass is 1870 g/mol. The molecule has 0 aliphatic rings. The average Bonchev–Trinajstić information content (AvgIpc) is 1.51. The highest BCUT2D eigenvalue weighted by Crippen LogP contribution is 2.55. The SMILES string of the molecule is c1ccc(-n2c3cc(-n4c5ccccc5c5c6c7c8ccccc8ccc7n7c8ccccc8c(cc54)c67)ccc3c3cccnc32)cc1.c1ccc(-n2c3ccc(-n4c5ccccc5c5c6c7c8ccccc8ccc7n7c8ccccc8c(cc54)c67)cc3c3ccncc32)cc1.c1ccc(-n2c3ccccc3c3cc(-n4c5ccccc5c5c6c7c8ccccc8ccc7n7c8ccccc8c(cc54)c67)ncc32)cc1. The number of hydrogen-bond acceptors (Lipinski definition) is 3. The molecule has 36 aromatic rings. The van der Waals surface area contributed by atoms with Crippen LogP contribution in [0.25, 0.3) is 312 Å². The molecule has 15 aromatic heterocycles. The van der Waals surface area contributed by atoms with Crippen LogP contribution in [0.5, 0.6) is 0 Å². The molecule has 0 fully saturated rings. The van der Waals surface area contributed by atoms with E-state index in [1.165, 1.54) is 244 Å². The van der Waals surface area contributed by atoms with Crippen LogP contribution in [0.2, 0.25) is 0 Å². The molecule has 678 valence electrons. The topological polar surface area (TPSA) is 81.5 Å². The van der Waals surface area contributed by atoms with Crippen molar-refractivity contribution in [3.63, 3.8) is 0 Å². The van der Waals surface area contributed by atoms with Crippen LogP contribution in [-0.2, 0) is 0 Å². The molecule has 0 atom stereocenters. The fourth-order valence-electron chi connectivity index (χ4n) is 26.6. The Kier molecular flexibility index (Phi) is 15.7. The standard InChI is InChI=1S/3C45H26N4/c1-2-13-28(14-3-1)47-35-19-9-6-16-30(35)33-25-41(46-26-40(33)47)48-37-21-11-8-18-32(37)43-39(48)24-34-31-17-7-10-20-36(31)49-38-23-22-27-12-4-5-15-29(27)42(38)44(43)45(34)49;1-2-12-28(13-3-1)48-39-25-29(21-22-32(39)33-17-10-24-46-45(33)48)47-37-19-9-7-16-34(37)42-40(47)26-35-31-15-6-8-18-36(31)49-38-23-20-27-11-4-5-14-30(27)41(38)43(42)44(35)49;1-2-11-28(12-3-1)47-38-21-19-29(24-34(38)32-22-23-46-26-41(32)47)48-37-17-9-7-15-33(37)43-40(48)25-35-31-14-6-8-16-36(31)49-39-20-18-27-10-4-5-13-30(27)42(39)44(43)45(35)49/h3*1-26H. The molecule has 0 N–H and O–H groups in total. The Bertz CT molecular complexity index is 11600. The number of fused-ring (bicyclic) bond motifs is 45. The van der Waals surface area contributed by atoms with Gasteiger partial charge < -0.3 is 31.5 Å². The maximum absolute atomic E-state index is 5.26. The summed E-state index contributed by atoms with van der Waals surface area (Å²) >= 11 is 0. The molecule has 0 aliphatic carbocycles. The number of nitrogens with zero attached hydrogens (tertiary/aromatic N) is 12. The van der Waals surface area contributed by atoms with Gasteiger partial charge in [0.15, 0.2) is 0 Å². The highest BCUT2D eigenvalue weighted by atomic mass is 15.1. The van der Waals surface area contributed by atoms with Crippen molar-refractivity contribution < 1.29 is 0 Å². The zero-order valence-corrected chi connectivity index (χ0v) is 78.9. The highest BCUT2D eigenvalue weighted by molar-refractivity contribution is 6.43. The molecule has 147 heavy (non-hydrogen) atoms. The fourth-order valence-corrected chi connectivity index (χ4v) is 26.6. The number of rotatable bonds is 6. The molecular weight excluding hydrogens is 1790 g/mol. The van der Waals surface area contributed by atoms with Crippen LogP contribution in [0.4, 0.5) is 0 Å². The molecule has 36 rings (SSSR count). The zero-order valence-electron chi connectivity index (χ0n) is 78.9. The van der Waals surface area contributed by atoms with Gasteiger partial charge in [-0.15, -0.1) is 0 Å². The van der Waals surface area contributed by atoms with Gasteiger partial charge in [0.05, 0.1) is 123 Å². The van der Waals surface area contributed by atoms with E-state index in [1.807, 2.05) is 24.7 Å². The lowest BCUT2D eigenvalue weighted by Crippen LogP contribution is -1.98. The van der Waals surface area contributed by atoms with Crippen molar-refractivity contribution in [1.29, 1.82) is 0 Å². The zero-order chi connectivity index (χ0) is 95.4. The molecule has 15 heterocycles. The maximum Gasteiger partial charge on any atom is 0.145 e. The van der Waals surface area contributed by atoms with E-state index in [1.54, 1.807) is 0 Å². The smallest absolute Gasteiger partial charge is 0.145 e. The van der Waals surface area contributed by atoms with Crippen LogP contribution in [0, 0.1) is 0 Å². The summed E-state index contributed by atoms with van der Waals surface area (Å²) in [6.45, 7) is 0. The van der Waals surface area contributed by atoms with Crippen molar-refractivity contribution in [3.05, 3.63) is 474 Å². The first-order valence-electron chi connectivity index (χ1n) is 50.4. The van der Waals surface area contributed by atoms with Gasteiger partial charge in [-0.3, -0.25) is 14.1 Å². The third kappa shape index (κ3) is 10.5. The lowest BCUT2D eigenvalue weighted by Gasteiger charge is -2.11. The van der Waals surface area contributed by atoms with E-state index >= 15 is 0 Å². The third-order valence-corrected chi connectivity index (χ3v) is 32.4. The van der Waals surface area contributed by atoms with Crippen LogP contribution in [0.15, 0.2) is 474 Å². The highest BCUT2D eigenvalue weighted by Gasteiger charge is 2.32. The Labute approximate surface area is 835 Å². The van der Waals surface area contributed by atoms with Crippen molar-refractivity contribution in [2.75, 3.05) is 0 Å². The van der Waals surface area contributed by atoms with Crippen molar-refractivity contribution in [2.24, 2.45) is 0 Å². The number of pyridine rings is 3. The lowest BCUT2D eigenvalue weighted by molar-refractivity contribution is 1.08.